The summed E-state index contributed by atoms with van der Waals surface area (Å²) in [6.07, 6.45) is 6.77. The summed E-state index contributed by atoms with van der Waals surface area (Å²) in [5.41, 5.74) is 6.18. The van der Waals surface area contributed by atoms with Crippen LogP contribution < -0.4 is 5.73 Å². The van der Waals surface area contributed by atoms with Crippen LogP contribution in [0.25, 0.3) is 0 Å². The van der Waals surface area contributed by atoms with Crippen molar-refractivity contribution in [1.29, 1.82) is 0 Å². The molecule has 1 aliphatic carbocycles. The Labute approximate surface area is 108 Å². The summed E-state index contributed by atoms with van der Waals surface area (Å²) in [6, 6.07) is 0.150. The van der Waals surface area contributed by atoms with Gasteiger partial charge in [-0.3, -0.25) is 0 Å². The molecule has 102 valence electrons. The molecule has 1 heterocycles. The SMILES string of the molecule is CCCOCc1noc(CC(N)C2CCCC2)n1. The number of aromatic nitrogens is 2. The molecule has 18 heavy (non-hydrogen) atoms. The molecular weight excluding hydrogens is 230 g/mol. The smallest absolute Gasteiger partial charge is 0.228 e. The van der Waals surface area contributed by atoms with E-state index >= 15 is 0 Å². The fraction of sp³-hybridized carbons (Fsp3) is 0.846. The van der Waals surface area contributed by atoms with E-state index in [9.17, 15) is 0 Å². The molecule has 1 unspecified atom stereocenters. The van der Waals surface area contributed by atoms with Crippen LogP contribution in [0.1, 0.15) is 50.7 Å². The van der Waals surface area contributed by atoms with Gasteiger partial charge in [0.2, 0.25) is 5.89 Å². The maximum absolute atomic E-state index is 6.18. The van der Waals surface area contributed by atoms with Gasteiger partial charge in [-0.25, -0.2) is 0 Å². The minimum Gasteiger partial charge on any atom is -0.373 e. The van der Waals surface area contributed by atoms with Gasteiger partial charge in [0.25, 0.3) is 0 Å². The molecule has 1 aromatic rings. The summed E-state index contributed by atoms with van der Waals surface area (Å²) in [7, 11) is 0. The van der Waals surface area contributed by atoms with Crippen molar-refractivity contribution in [2.75, 3.05) is 6.61 Å². The number of nitrogens with zero attached hydrogens (tertiary/aromatic N) is 2. The molecule has 0 aliphatic heterocycles. The van der Waals surface area contributed by atoms with Crippen molar-refractivity contribution in [1.82, 2.24) is 10.1 Å². The van der Waals surface area contributed by atoms with Gasteiger partial charge in [-0.1, -0.05) is 24.9 Å². The second-order valence-electron chi connectivity index (χ2n) is 5.07. The van der Waals surface area contributed by atoms with Crippen LogP contribution in [0.4, 0.5) is 0 Å². The highest BCUT2D eigenvalue weighted by atomic mass is 16.5. The Morgan fingerprint density at radius 2 is 2.22 bits per heavy atom. The van der Waals surface area contributed by atoms with Crippen molar-refractivity contribution >= 4 is 0 Å². The first-order valence-electron chi connectivity index (χ1n) is 6.94. The van der Waals surface area contributed by atoms with Crippen molar-refractivity contribution in [3.05, 3.63) is 11.7 Å². The molecule has 0 amide bonds. The van der Waals surface area contributed by atoms with E-state index in [0.29, 0.717) is 30.7 Å². The first kappa shape index (κ1) is 13.5. The lowest BCUT2D eigenvalue weighted by Crippen LogP contribution is -2.30. The first-order chi connectivity index (χ1) is 8.79. The zero-order valence-corrected chi connectivity index (χ0v) is 11.1. The summed E-state index contributed by atoms with van der Waals surface area (Å²) < 4.78 is 10.6. The maximum Gasteiger partial charge on any atom is 0.228 e. The Morgan fingerprint density at radius 3 is 2.94 bits per heavy atom. The monoisotopic (exact) mass is 253 g/mol. The van der Waals surface area contributed by atoms with Gasteiger partial charge in [0, 0.05) is 19.1 Å². The summed E-state index contributed by atoms with van der Waals surface area (Å²) in [5, 5.41) is 3.90. The van der Waals surface area contributed by atoms with Gasteiger partial charge in [0.05, 0.1) is 0 Å². The molecule has 0 aromatic carbocycles. The average molecular weight is 253 g/mol. The van der Waals surface area contributed by atoms with Crippen molar-refractivity contribution in [3.8, 4) is 0 Å². The van der Waals surface area contributed by atoms with E-state index in [2.05, 4.69) is 17.1 Å². The minimum absolute atomic E-state index is 0.150. The molecule has 1 saturated carbocycles. The van der Waals surface area contributed by atoms with Crippen LogP contribution in [0.2, 0.25) is 0 Å². The quantitative estimate of drug-likeness (QED) is 0.753. The number of nitrogens with two attached hydrogens (primary N) is 1. The van der Waals surface area contributed by atoms with Crippen LogP contribution in [-0.2, 0) is 17.8 Å². The van der Waals surface area contributed by atoms with E-state index in [1.54, 1.807) is 0 Å². The molecule has 2 rings (SSSR count). The number of ether oxygens (including phenoxy) is 1. The highest BCUT2D eigenvalue weighted by Crippen LogP contribution is 2.27. The van der Waals surface area contributed by atoms with E-state index in [4.69, 9.17) is 15.0 Å². The van der Waals surface area contributed by atoms with Crippen molar-refractivity contribution in [3.63, 3.8) is 0 Å². The number of hydrogen-bond donors (Lipinski definition) is 1. The lowest BCUT2D eigenvalue weighted by Gasteiger charge is -2.16. The molecule has 1 aromatic heterocycles. The number of hydrogen-bond acceptors (Lipinski definition) is 5. The van der Waals surface area contributed by atoms with Crippen LogP contribution in [0, 0.1) is 5.92 Å². The predicted octanol–water partition coefficient (Wildman–Crippen LogP) is 2.06. The predicted molar refractivity (Wildman–Crippen MR) is 67.9 cm³/mol. The maximum atomic E-state index is 6.18. The third-order valence-electron chi connectivity index (χ3n) is 3.51. The van der Waals surface area contributed by atoms with Gasteiger partial charge < -0.3 is 15.0 Å². The van der Waals surface area contributed by atoms with E-state index in [-0.39, 0.29) is 6.04 Å². The Bertz CT molecular complexity index is 348. The van der Waals surface area contributed by atoms with Crippen molar-refractivity contribution in [2.45, 2.75) is 58.1 Å². The van der Waals surface area contributed by atoms with Crippen molar-refractivity contribution in [2.24, 2.45) is 11.7 Å². The molecule has 1 aliphatic rings. The molecule has 0 saturated heterocycles. The zero-order valence-electron chi connectivity index (χ0n) is 11.1. The standard InChI is InChI=1S/C13H23N3O2/c1-2-7-17-9-12-15-13(18-16-12)8-11(14)10-5-3-4-6-10/h10-11H,2-9,14H2,1H3. The lowest BCUT2D eigenvalue weighted by atomic mass is 9.96. The molecule has 2 N–H and O–H groups in total. The third kappa shape index (κ3) is 3.78. The topological polar surface area (TPSA) is 74.2 Å². The highest BCUT2D eigenvalue weighted by molar-refractivity contribution is 4.90. The largest absolute Gasteiger partial charge is 0.373 e. The summed E-state index contributed by atoms with van der Waals surface area (Å²) in [4.78, 5) is 4.31. The molecule has 5 nitrogen and oxygen atoms in total. The highest BCUT2D eigenvalue weighted by Gasteiger charge is 2.23. The zero-order chi connectivity index (χ0) is 12.8. The van der Waals surface area contributed by atoms with Crippen LogP contribution >= 0.6 is 0 Å². The lowest BCUT2D eigenvalue weighted by molar-refractivity contribution is 0.114. The first-order valence-corrected chi connectivity index (χ1v) is 6.94. The normalized spacial score (nSPS) is 18.3. The minimum atomic E-state index is 0.150. The van der Waals surface area contributed by atoms with Crippen LogP contribution in [0.15, 0.2) is 4.52 Å². The second kappa shape index (κ2) is 6.85. The second-order valence-corrected chi connectivity index (χ2v) is 5.07. The van der Waals surface area contributed by atoms with Gasteiger partial charge in [-0.2, -0.15) is 4.98 Å². The average Bonchev–Trinajstić information content (AvgIpc) is 3.00. The Balaban J connectivity index is 1.78. The Kier molecular flexibility index (Phi) is 5.13. The Hall–Kier alpha value is -0.940. The fourth-order valence-electron chi connectivity index (χ4n) is 2.49. The van der Waals surface area contributed by atoms with Crippen molar-refractivity contribution < 1.29 is 9.26 Å². The number of rotatable bonds is 7. The molecule has 5 heteroatoms. The van der Waals surface area contributed by atoms with E-state index in [1.165, 1.54) is 25.7 Å². The molecule has 0 bridgehead atoms. The van der Waals surface area contributed by atoms with Gasteiger partial charge >= 0.3 is 0 Å². The summed E-state index contributed by atoms with van der Waals surface area (Å²) >= 11 is 0. The molecular formula is C13H23N3O2. The van der Waals surface area contributed by atoms with Crippen LogP contribution in [-0.4, -0.2) is 22.8 Å². The molecule has 1 atom stereocenters. The molecule has 0 radical (unpaired) electrons. The van der Waals surface area contributed by atoms with Crippen LogP contribution in [0.5, 0.6) is 0 Å². The summed E-state index contributed by atoms with van der Waals surface area (Å²) in [5.74, 6) is 1.89. The molecule has 1 fully saturated rings. The van der Waals surface area contributed by atoms with E-state index in [1.807, 2.05) is 0 Å². The fourth-order valence-corrected chi connectivity index (χ4v) is 2.49. The van der Waals surface area contributed by atoms with Gasteiger partial charge in [0.15, 0.2) is 5.82 Å². The van der Waals surface area contributed by atoms with Gasteiger partial charge in [0.1, 0.15) is 6.61 Å². The van der Waals surface area contributed by atoms with Gasteiger partial charge in [-0.05, 0) is 25.2 Å². The summed E-state index contributed by atoms with van der Waals surface area (Å²) in [6.45, 7) is 3.23. The molecule has 0 spiro atoms. The third-order valence-corrected chi connectivity index (χ3v) is 3.51. The van der Waals surface area contributed by atoms with Gasteiger partial charge in [-0.15, -0.1) is 0 Å². The van der Waals surface area contributed by atoms with E-state index in [0.717, 1.165) is 13.0 Å². The van der Waals surface area contributed by atoms with Crippen LogP contribution in [0.3, 0.4) is 0 Å². The Morgan fingerprint density at radius 1 is 1.44 bits per heavy atom. The van der Waals surface area contributed by atoms with E-state index < -0.39 is 0 Å².